The molecule has 34 heavy (non-hydrogen) atoms. The van der Waals surface area contributed by atoms with E-state index < -0.39 is 0 Å². The molecule has 3 aliphatic rings. The Morgan fingerprint density at radius 1 is 1.15 bits per heavy atom. The summed E-state index contributed by atoms with van der Waals surface area (Å²) in [4.78, 5) is 38.1. The number of amides is 3. The second-order valence-electron chi connectivity index (χ2n) is 8.46. The maximum absolute atomic E-state index is 12.9. The van der Waals surface area contributed by atoms with E-state index in [1.54, 1.807) is 24.3 Å². The summed E-state index contributed by atoms with van der Waals surface area (Å²) in [6.45, 7) is -0.297. The van der Waals surface area contributed by atoms with Crippen LogP contribution in [0.15, 0.2) is 59.7 Å². The monoisotopic (exact) mass is 479 g/mol. The molecule has 2 fully saturated rings. The number of imide groups is 1. The molecule has 0 aromatic heterocycles. The van der Waals surface area contributed by atoms with Crippen LogP contribution in [0.4, 0.5) is 5.69 Å². The van der Waals surface area contributed by atoms with E-state index in [-0.39, 0.29) is 53.7 Å². The van der Waals surface area contributed by atoms with Crippen LogP contribution in [0.3, 0.4) is 0 Å². The molecule has 1 heterocycles. The average Bonchev–Trinajstić information content (AvgIpc) is 3.51. The summed E-state index contributed by atoms with van der Waals surface area (Å²) < 4.78 is 11.1. The van der Waals surface area contributed by atoms with Crippen molar-refractivity contribution in [2.45, 2.75) is 6.42 Å². The SMILES string of the molecule is COc1cc(Cl)cc(C=NN2C(=O)C3C4C=CC(C4)C3C2=O)c1OCC(=O)Nc1ccccc1. The van der Waals surface area contributed by atoms with Crippen molar-refractivity contribution in [3.63, 3.8) is 0 Å². The van der Waals surface area contributed by atoms with Crippen LogP contribution in [0.1, 0.15) is 12.0 Å². The van der Waals surface area contributed by atoms with Gasteiger partial charge in [0.15, 0.2) is 18.1 Å². The van der Waals surface area contributed by atoms with Crippen molar-refractivity contribution in [1.29, 1.82) is 0 Å². The predicted molar refractivity (Wildman–Crippen MR) is 126 cm³/mol. The van der Waals surface area contributed by atoms with E-state index in [1.165, 1.54) is 13.3 Å². The molecule has 4 unspecified atom stereocenters. The molecular formula is C25H22ClN3O5. The molecule has 2 aromatic carbocycles. The molecule has 1 saturated heterocycles. The number of carbonyl (C=O) groups excluding carboxylic acids is 3. The lowest BCUT2D eigenvalue weighted by Gasteiger charge is -2.15. The van der Waals surface area contributed by atoms with Gasteiger partial charge in [-0.05, 0) is 36.5 Å². The van der Waals surface area contributed by atoms with E-state index in [9.17, 15) is 14.4 Å². The second kappa shape index (κ2) is 8.95. The highest BCUT2D eigenvalue weighted by Crippen LogP contribution is 2.52. The van der Waals surface area contributed by atoms with Gasteiger partial charge in [0.2, 0.25) is 0 Å². The van der Waals surface area contributed by atoms with Crippen LogP contribution in [0.2, 0.25) is 5.02 Å². The Kier molecular flexibility index (Phi) is 5.83. The van der Waals surface area contributed by atoms with Gasteiger partial charge in [0, 0.05) is 22.3 Å². The van der Waals surface area contributed by atoms with E-state index in [0.717, 1.165) is 11.4 Å². The van der Waals surface area contributed by atoms with E-state index in [2.05, 4.69) is 10.4 Å². The maximum Gasteiger partial charge on any atom is 0.262 e. The number of nitrogens with zero attached hydrogens (tertiary/aromatic N) is 2. The molecule has 2 aliphatic carbocycles. The summed E-state index contributed by atoms with van der Waals surface area (Å²) in [5.74, 6) is -0.924. The quantitative estimate of drug-likeness (QED) is 0.372. The van der Waals surface area contributed by atoms with Crippen molar-refractivity contribution in [1.82, 2.24) is 5.01 Å². The first-order chi connectivity index (χ1) is 16.5. The zero-order valence-corrected chi connectivity index (χ0v) is 19.1. The van der Waals surface area contributed by atoms with Gasteiger partial charge < -0.3 is 14.8 Å². The van der Waals surface area contributed by atoms with Crippen molar-refractivity contribution in [2.24, 2.45) is 28.8 Å². The Hall–Kier alpha value is -3.65. The van der Waals surface area contributed by atoms with Crippen molar-refractivity contribution in [3.8, 4) is 11.5 Å². The molecule has 174 valence electrons. The molecule has 9 heteroatoms. The molecule has 8 nitrogen and oxygen atoms in total. The number of halogens is 1. The summed E-state index contributed by atoms with van der Waals surface area (Å²) in [6, 6.07) is 12.1. The number of para-hydroxylation sites is 1. The number of nitrogens with one attached hydrogen (secondary N) is 1. The summed E-state index contributed by atoms with van der Waals surface area (Å²) >= 11 is 6.22. The van der Waals surface area contributed by atoms with Crippen molar-refractivity contribution < 1.29 is 23.9 Å². The number of methoxy groups -OCH3 is 1. The summed E-state index contributed by atoms with van der Waals surface area (Å²) in [5.41, 5.74) is 1.01. The number of allylic oxidation sites excluding steroid dienone is 2. The number of hydrogen-bond acceptors (Lipinski definition) is 6. The minimum Gasteiger partial charge on any atom is -0.493 e. The third-order valence-electron chi connectivity index (χ3n) is 6.43. The topological polar surface area (TPSA) is 97.3 Å². The molecule has 0 spiro atoms. The zero-order chi connectivity index (χ0) is 23.8. The third-order valence-corrected chi connectivity index (χ3v) is 6.65. The largest absolute Gasteiger partial charge is 0.493 e. The van der Waals surface area contributed by atoms with E-state index in [1.807, 2.05) is 30.4 Å². The highest BCUT2D eigenvalue weighted by Gasteiger charge is 2.59. The zero-order valence-electron chi connectivity index (χ0n) is 18.3. The number of carbonyl (C=O) groups is 3. The van der Waals surface area contributed by atoms with Gasteiger partial charge in [0.05, 0.1) is 25.2 Å². The number of rotatable bonds is 7. The smallest absolute Gasteiger partial charge is 0.262 e. The van der Waals surface area contributed by atoms with Crippen LogP contribution in [-0.2, 0) is 14.4 Å². The highest BCUT2D eigenvalue weighted by atomic mass is 35.5. The molecule has 2 bridgehead atoms. The van der Waals surface area contributed by atoms with Crippen LogP contribution < -0.4 is 14.8 Å². The highest BCUT2D eigenvalue weighted by molar-refractivity contribution is 6.31. The summed E-state index contributed by atoms with van der Waals surface area (Å²) in [7, 11) is 1.45. The molecular weight excluding hydrogens is 458 g/mol. The van der Waals surface area contributed by atoms with Gasteiger partial charge in [-0.2, -0.15) is 10.1 Å². The molecule has 1 aliphatic heterocycles. The van der Waals surface area contributed by atoms with Crippen LogP contribution in [0, 0.1) is 23.7 Å². The van der Waals surface area contributed by atoms with Gasteiger partial charge >= 0.3 is 0 Å². The first-order valence-electron chi connectivity index (χ1n) is 10.9. The van der Waals surface area contributed by atoms with Crippen LogP contribution in [0.5, 0.6) is 11.5 Å². The Morgan fingerprint density at radius 3 is 2.47 bits per heavy atom. The van der Waals surface area contributed by atoms with Gasteiger partial charge in [0.25, 0.3) is 17.7 Å². The van der Waals surface area contributed by atoms with Gasteiger partial charge in [0.1, 0.15) is 0 Å². The van der Waals surface area contributed by atoms with Crippen LogP contribution in [-0.4, -0.2) is 42.7 Å². The Morgan fingerprint density at radius 2 is 1.82 bits per heavy atom. The normalized spacial score (nSPS) is 24.7. The number of hydrogen-bond donors (Lipinski definition) is 1. The lowest BCUT2D eigenvalue weighted by molar-refractivity contribution is -0.140. The van der Waals surface area contributed by atoms with Crippen LogP contribution in [0.25, 0.3) is 0 Å². The number of anilines is 1. The molecule has 1 N–H and O–H groups in total. The van der Waals surface area contributed by atoms with E-state index in [0.29, 0.717) is 22.0 Å². The number of ether oxygens (including phenoxy) is 2. The third kappa shape index (κ3) is 3.94. The van der Waals surface area contributed by atoms with Gasteiger partial charge in [-0.25, -0.2) is 0 Å². The Bertz CT molecular complexity index is 1180. The van der Waals surface area contributed by atoms with Crippen LogP contribution >= 0.6 is 11.6 Å². The Labute approximate surface area is 201 Å². The van der Waals surface area contributed by atoms with E-state index >= 15 is 0 Å². The fraction of sp³-hybridized carbons (Fsp3) is 0.280. The first kappa shape index (κ1) is 22.2. The lowest BCUT2D eigenvalue weighted by Crippen LogP contribution is -2.28. The molecule has 4 atom stereocenters. The van der Waals surface area contributed by atoms with Crippen molar-refractivity contribution in [2.75, 3.05) is 19.0 Å². The summed E-state index contributed by atoms with van der Waals surface area (Å²) in [6.07, 6.45) is 6.24. The number of hydrazone groups is 1. The molecule has 3 amide bonds. The van der Waals surface area contributed by atoms with Crippen molar-refractivity contribution in [3.05, 3.63) is 65.2 Å². The van der Waals surface area contributed by atoms with Crippen molar-refractivity contribution >= 4 is 41.2 Å². The minimum atomic E-state index is -0.369. The molecule has 1 saturated carbocycles. The number of benzene rings is 2. The predicted octanol–water partition coefficient (Wildman–Crippen LogP) is 3.51. The van der Waals surface area contributed by atoms with Gasteiger partial charge in [-0.3, -0.25) is 14.4 Å². The molecule has 5 rings (SSSR count). The summed E-state index contributed by atoms with van der Waals surface area (Å²) in [5, 5.41) is 8.22. The minimum absolute atomic E-state index is 0.0972. The first-order valence-corrected chi connectivity index (χ1v) is 11.3. The fourth-order valence-corrected chi connectivity index (χ4v) is 5.18. The molecule has 2 aromatic rings. The number of fused-ring (bicyclic) bond motifs is 5. The van der Waals surface area contributed by atoms with Gasteiger partial charge in [-0.15, -0.1) is 0 Å². The fourth-order valence-electron chi connectivity index (χ4n) is 4.97. The second-order valence-corrected chi connectivity index (χ2v) is 8.90. The lowest BCUT2D eigenvalue weighted by atomic mass is 9.85. The standard InChI is InChI=1S/C25H22ClN3O5/c1-33-19-11-17(26)10-16(23(19)34-13-20(30)28-18-5-3-2-4-6-18)12-27-29-24(31)21-14-7-8-15(9-14)22(21)25(29)32/h2-8,10-12,14-15,21-22H,9,13H2,1H3,(H,28,30). The average molecular weight is 480 g/mol. The maximum atomic E-state index is 12.9. The van der Waals surface area contributed by atoms with E-state index in [4.69, 9.17) is 21.1 Å². The Balaban J connectivity index is 1.35. The molecule has 0 radical (unpaired) electrons. The van der Waals surface area contributed by atoms with Gasteiger partial charge in [-0.1, -0.05) is 42.0 Å².